The molecule has 0 bridgehead atoms. The first kappa shape index (κ1) is 14.1. The second-order valence-corrected chi connectivity index (χ2v) is 3.87. The maximum atomic E-state index is 10.8. The van der Waals surface area contributed by atoms with Crippen LogP contribution in [0.15, 0.2) is 18.2 Å². The summed E-state index contributed by atoms with van der Waals surface area (Å²) in [5.41, 5.74) is 0.0247. The highest BCUT2D eigenvalue weighted by molar-refractivity contribution is 5.80. The molecule has 1 rings (SSSR count). The summed E-state index contributed by atoms with van der Waals surface area (Å²) < 4.78 is 10.6. The third-order valence-corrected chi connectivity index (χ3v) is 2.12. The Bertz CT molecular complexity index is 430. The van der Waals surface area contributed by atoms with Gasteiger partial charge in [0, 0.05) is 12.1 Å². The lowest BCUT2D eigenvalue weighted by atomic mass is 10.2. The Morgan fingerprint density at radius 3 is 2.67 bits per heavy atom. The summed E-state index contributed by atoms with van der Waals surface area (Å²) >= 11 is 0. The minimum atomic E-state index is -0.557. The molecule has 98 valence electrons. The lowest BCUT2D eigenvalue weighted by molar-refractivity contribution is -0.384. The molecule has 0 radical (unpaired) electrons. The van der Waals surface area contributed by atoms with Gasteiger partial charge in [-0.05, 0) is 19.9 Å². The van der Waals surface area contributed by atoms with Crippen molar-refractivity contribution in [2.75, 3.05) is 13.2 Å². The predicted molar refractivity (Wildman–Crippen MR) is 65.1 cm³/mol. The van der Waals surface area contributed by atoms with E-state index in [4.69, 9.17) is 9.47 Å². The number of hydrogen-bond donors (Lipinski definition) is 0. The topological polar surface area (TPSA) is 78.7 Å². The minimum absolute atomic E-state index is 0.107. The fourth-order valence-corrected chi connectivity index (χ4v) is 1.31. The van der Waals surface area contributed by atoms with Crippen LogP contribution in [0, 0.1) is 10.1 Å². The van der Waals surface area contributed by atoms with Gasteiger partial charge in [-0.1, -0.05) is 0 Å². The van der Waals surface area contributed by atoms with Gasteiger partial charge in [-0.2, -0.15) is 0 Å². The highest BCUT2D eigenvalue weighted by Gasteiger charge is 2.11. The predicted octanol–water partition coefficient (Wildman–Crippen LogP) is 2.21. The minimum Gasteiger partial charge on any atom is -0.490 e. The van der Waals surface area contributed by atoms with Crippen molar-refractivity contribution in [1.82, 2.24) is 0 Å². The standard InChI is InChI=1S/C12H15NO5/c1-9(2)17-5-6-18-12-4-3-11(13(15)16)7-10(12)8-14/h3-4,7-9H,5-6H2,1-2H3. The molecule has 0 aliphatic carbocycles. The highest BCUT2D eigenvalue weighted by atomic mass is 16.6. The first-order chi connectivity index (χ1) is 8.54. The smallest absolute Gasteiger partial charge is 0.270 e. The highest BCUT2D eigenvalue weighted by Crippen LogP contribution is 2.22. The summed E-state index contributed by atoms with van der Waals surface area (Å²) in [4.78, 5) is 20.8. The molecule has 0 saturated carbocycles. The Kier molecular flexibility index (Phi) is 5.26. The maximum Gasteiger partial charge on any atom is 0.270 e. The van der Waals surface area contributed by atoms with Crippen molar-refractivity contribution in [3.63, 3.8) is 0 Å². The molecule has 0 amide bonds. The molecule has 0 fully saturated rings. The Morgan fingerprint density at radius 2 is 2.11 bits per heavy atom. The number of aldehydes is 1. The second kappa shape index (κ2) is 6.70. The van der Waals surface area contributed by atoms with Crippen molar-refractivity contribution in [2.45, 2.75) is 20.0 Å². The van der Waals surface area contributed by atoms with Crippen LogP contribution in [-0.4, -0.2) is 30.5 Å². The zero-order valence-corrected chi connectivity index (χ0v) is 10.3. The van der Waals surface area contributed by atoms with Crippen molar-refractivity contribution < 1.29 is 19.2 Å². The number of nitrogens with zero attached hydrogens (tertiary/aromatic N) is 1. The van der Waals surface area contributed by atoms with Crippen LogP contribution in [0.5, 0.6) is 5.75 Å². The van der Waals surface area contributed by atoms with Gasteiger partial charge >= 0.3 is 0 Å². The summed E-state index contributed by atoms with van der Waals surface area (Å²) in [6.45, 7) is 4.50. The first-order valence-electron chi connectivity index (χ1n) is 5.52. The molecular weight excluding hydrogens is 238 g/mol. The van der Waals surface area contributed by atoms with Crippen molar-refractivity contribution in [1.29, 1.82) is 0 Å². The molecule has 0 aliphatic rings. The van der Waals surface area contributed by atoms with Gasteiger partial charge in [0.2, 0.25) is 0 Å². The number of carbonyl (C=O) groups is 1. The van der Waals surface area contributed by atoms with Gasteiger partial charge in [0.1, 0.15) is 12.4 Å². The average Bonchev–Trinajstić information content (AvgIpc) is 2.34. The monoisotopic (exact) mass is 253 g/mol. The van der Waals surface area contributed by atoms with Gasteiger partial charge in [0.25, 0.3) is 5.69 Å². The average molecular weight is 253 g/mol. The van der Waals surface area contributed by atoms with Crippen molar-refractivity contribution >= 4 is 12.0 Å². The molecule has 1 aromatic carbocycles. The number of ether oxygens (including phenoxy) is 2. The van der Waals surface area contributed by atoms with Gasteiger partial charge in [-0.15, -0.1) is 0 Å². The van der Waals surface area contributed by atoms with Gasteiger partial charge in [-0.3, -0.25) is 14.9 Å². The Balaban J connectivity index is 2.65. The van der Waals surface area contributed by atoms with Gasteiger partial charge in [0.05, 0.1) is 23.2 Å². The Morgan fingerprint density at radius 1 is 1.39 bits per heavy atom. The van der Waals surface area contributed by atoms with Crippen molar-refractivity contribution in [3.8, 4) is 5.75 Å². The largest absolute Gasteiger partial charge is 0.490 e. The van der Waals surface area contributed by atoms with E-state index in [9.17, 15) is 14.9 Å². The van der Waals surface area contributed by atoms with E-state index < -0.39 is 4.92 Å². The van der Waals surface area contributed by atoms with E-state index in [1.54, 1.807) is 0 Å². The molecule has 1 aromatic rings. The third kappa shape index (κ3) is 4.14. The molecule has 0 aromatic heterocycles. The Labute approximate surface area is 105 Å². The molecule has 0 saturated heterocycles. The summed E-state index contributed by atoms with van der Waals surface area (Å²) in [6, 6.07) is 3.90. The lowest BCUT2D eigenvalue weighted by Crippen LogP contribution is -2.12. The van der Waals surface area contributed by atoms with E-state index in [0.717, 1.165) is 0 Å². The zero-order valence-electron chi connectivity index (χ0n) is 10.3. The fourth-order valence-electron chi connectivity index (χ4n) is 1.31. The van der Waals surface area contributed by atoms with Gasteiger partial charge in [-0.25, -0.2) is 0 Å². The maximum absolute atomic E-state index is 10.8. The van der Waals surface area contributed by atoms with E-state index in [1.165, 1.54) is 18.2 Å². The summed E-state index contributed by atoms with van der Waals surface area (Å²) in [6.07, 6.45) is 0.641. The molecule has 0 spiro atoms. The van der Waals surface area contributed by atoms with Gasteiger partial charge < -0.3 is 9.47 Å². The molecule has 6 heteroatoms. The number of non-ortho nitro benzene ring substituents is 1. The second-order valence-electron chi connectivity index (χ2n) is 3.87. The molecule has 0 heterocycles. The Hall–Kier alpha value is -1.95. The number of benzene rings is 1. The van der Waals surface area contributed by atoms with Crippen LogP contribution in [0.1, 0.15) is 24.2 Å². The van der Waals surface area contributed by atoms with Crippen LogP contribution in [0.2, 0.25) is 0 Å². The third-order valence-electron chi connectivity index (χ3n) is 2.12. The van der Waals surface area contributed by atoms with Crippen molar-refractivity contribution in [3.05, 3.63) is 33.9 Å². The summed E-state index contributed by atoms with van der Waals surface area (Å²) in [7, 11) is 0. The number of rotatable bonds is 7. The quantitative estimate of drug-likeness (QED) is 0.322. The van der Waals surface area contributed by atoms with E-state index in [0.29, 0.717) is 18.6 Å². The fraction of sp³-hybridized carbons (Fsp3) is 0.417. The van der Waals surface area contributed by atoms with Crippen LogP contribution < -0.4 is 4.74 Å². The van der Waals surface area contributed by atoms with Crippen LogP contribution in [0.25, 0.3) is 0 Å². The van der Waals surface area contributed by atoms with E-state index in [2.05, 4.69) is 0 Å². The molecule has 18 heavy (non-hydrogen) atoms. The number of hydrogen-bond acceptors (Lipinski definition) is 5. The number of nitro benzene ring substituents is 1. The zero-order chi connectivity index (χ0) is 13.5. The number of nitro groups is 1. The van der Waals surface area contributed by atoms with Crippen LogP contribution in [0.3, 0.4) is 0 Å². The molecule has 0 atom stereocenters. The van der Waals surface area contributed by atoms with E-state index in [-0.39, 0.29) is 24.0 Å². The van der Waals surface area contributed by atoms with E-state index in [1.807, 2.05) is 13.8 Å². The molecule has 0 N–H and O–H groups in total. The molecule has 0 aliphatic heterocycles. The molecular formula is C12H15NO5. The van der Waals surface area contributed by atoms with E-state index >= 15 is 0 Å². The molecule has 0 unspecified atom stereocenters. The number of carbonyl (C=O) groups excluding carboxylic acids is 1. The molecule has 6 nitrogen and oxygen atoms in total. The normalized spacial score (nSPS) is 10.4. The summed E-state index contributed by atoms with van der Waals surface area (Å²) in [5, 5.41) is 10.5. The van der Waals surface area contributed by atoms with Crippen LogP contribution in [0.4, 0.5) is 5.69 Å². The van der Waals surface area contributed by atoms with Crippen molar-refractivity contribution in [2.24, 2.45) is 0 Å². The SMILES string of the molecule is CC(C)OCCOc1ccc([N+](=O)[O-])cc1C=O. The van der Waals surface area contributed by atoms with Gasteiger partial charge in [0.15, 0.2) is 6.29 Å². The van der Waals surface area contributed by atoms with Crippen LogP contribution >= 0.6 is 0 Å². The first-order valence-corrected chi connectivity index (χ1v) is 5.52. The lowest BCUT2D eigenvalue weighted by Gasteiger charge is -2.10. The summed E-state index contributed by atoms with van der Waals surface area (Å²) in [5.74, 6) is 0.322. The van der Waals surface area contributed by atoms with Crippen LogP contribution in [-0.2, 0) is 4.74 Å².